The molecule has 1 N–H and O–H groups in total. The Morgan fingerprint density at radius 3 is 2.23 bits per heavy atom. The number of rotatable bonds is 11. The van der Waals surface area contributed by atoms with Gasteiger partial charge in [-0.05, 0) is 49.1 Å². The van der Waals surface area contributed by atoms with Crippen LogP contribution in [0.2, 0.25) is 0 Å². The smallest absolute Gasteiger partial charge is 0.243 e. The first-order chi connectivity index (χ1) is 16.9. The van der Waals surface area contributed by atoms with Gasteiger partial charge in [0.25, 0.3) is 0 Å². The monoisotopic (exact) mass is 534 g/mol. The Balaban J connectivity index is 1.96. The van der Waals surface area contributed by atoms with Crippen LogP contribution in [0.25, 0.3) is 0 Å². The predicted octanol–water partition coefficient (Wildman–Crippen LogP) is 6.16. The summed E-state index contributed by atoms with van der Waals surface area (Å²) in [4.78, 5) is 29.1. The van der Waals surface area contributed by atoms with Crippen molar-refractivity contribution in [2.75, 3.05) is 6.54 Å². The number of benzene rings is 3. The van der Waals surface area contributed by atoms with Gasteiger partial charge in [-0.25, -0.2) is 0 Å². The first kappa shape index (κ1) is 26.7. The number of nitrogens with one attached hydrogen (secondary N) is 1. The van der Waals surface area contributed by atoms with Crippen molar-refractivity contribution in [3.05, 3.63) is 105 Å². The van der Waals surface area contributed by atoms with Gasteiger partial charge in [0, 0.05) is 24.0 Å². The average Bonchev–Trinajstić information content (AvgIpc) is 2.81. The van der Waals surface area contributed by atoms with Crippen molar-refractivity contribution in [3.8, 4) is 0 Å². The van der Waals surface area contributed by atoms with Crippen molar-refractivity contribution in [2.24, 2.45) is 0 Å². The topological polar surface area (TPSA) is 49.4 Å². The van der Waals surface area contributed by atoms with Gasteiger partial charge < -0.3 is 10.2 Å². The molecule has 0 fully saturated rings. The number of unbranched alkanes of at least 4 members (excludes halogenated alkanes) is 1. The highest BCUT2D eigenvalue weighted by atomic mass is 79.9. The molecule has 0 aliphatic carbocycles. The maximum absolute atomic E-state index is 13.8. The van der Waals surface area contributed by atoms with Crippen LogP contribution >= 0.6 is 15.9 Å². The molecule has 0 radical (unpaired) electrons. The van der Waals surface area contributed by atoms with E-state index in [0.29, 0.717) is 19.5 Å². The van der Waals surface area contributed by atoms with E-state index in [1.54, 1.807) is 4.90 Å². The Kier molecular flexibility index (Phi) is 10.1. The fourth-order valence-corrected chi connectivity index (χ4v) is 4.79. The van der Waals surface area contributed by atoms with E-state index in [0.717, 1.165) is 45.1 Å². The third-order valence-corrected chi connectivity index (χ3v) is 6.47. The molecule has 35 heavy (non-hydrogen) atoms. The normalized spacial score (nSPS) is 11.7. The number of aryl methyl sites for hydroxylation is 2. The molecule has 0 aliphatic heterocycles. The molecule has 3 aromatic carbocycles. The van der Waals surface area contributed by atoms with Gasteiger partial charge in [0.15, 0.2) is 0 Å². The predicted molar refractivity (Wildman–Crippen MR) is 146 cm³/mol. The molecule has 3 aromatic rings. The summed E-state index contributed by atoms with van der Waals surface area (Å²) < 4.78 is 0.948. The van der Waals surface area contributed by atoms with Crippen LogP contribution < -0.4 is 5.32 Å². The Bertz CT molecular complexity index is 1110. The minimum atomic E-state index is -0.605. The minimum Gasteiger partial charge on any atom is -0.354 e. The zero-order valence-corrected chi connectivity index (χ0v) is 22.5. The van der Waals surface area contributed by atoms with Crippen molar-refractivity contribution in [1.29, 1.82) is 0 Å². The average molecular weight is 536 g/mol. The summed E-state index contributed by atoms with van der Waals surface area (Å²) in [5.41, 5.74) is 5.24. The van der Waals surface area contributed by atoms with Gasteiger partial charge in [-0.15, -0.1) is 0 Å². The van der Waals surface area contributed by atoms with Crippen molar-refractivity contribution < 1.29 is 9.59 Å². The number of hydrogen-bond acceptors (Lipinski definition) is 2. The van der Waals surface area contributed by atoms with Crippen LogP contribution in [0, 0.1) is 13.8 Å². The van der Waals surface area contributed by atoms with Crippen LogP contribution in [-0.2, 0) is 29.0 Å². The maximum Gasteiger partial charge on any atom is 0.243 e. The zero-order chi connectivity index (χ0) is 25.2. The number of amides is 2. The Labute approximate surface area is 217 Å². The standard InChI is InChI=1S/C30H35BrN2O2/c1-4-5-14-32-30(35)28(19-24-10-7-6-8-11-24)33(21-25-12-9-13-27(31)18-25)29(34)20-26-16-22(2)15-23(3)17-26/h6-13,15-18,28H,4-5,14,19-21H2,1-3H3,(H,32,35)/t28-/m1/s1. The number of carbonyl (C=O) groups excluding carboxylic acids is 2. The summed E-state index contributed by atoms with van der Waals surface area (Å²) in [6.07, 6.45) is 2.62. The van der Waals surface area contributed by atoms with Gasteiger partial charge in [0.2, 0.25) is 11.8 Å². The second kappa shape index (κ2) is 13.2. The molecule has 0 aliphatic rings. The Morgan fingerprint density at radius 2 is 1.57 bits per heavy atom. The van der Waals surface area contributed by atoms with Crippen LogP contribution in [-0.4, -0.2) is 29.3 Å². The summed E-state index contributed by atoms with van der Waals surface area (Å²) in [6.45, 7) is 7.15. The molecular weight excluding hydrogens is 500 g/mol. The van der Waals surface area contributed by atoms with Crippen LogP contribution in [0.5, 0.6) is 0 Å². The molecule has 184 valence electrons. The molecule has 5 heteroatoms. The summed E-state index contributed by atoms with van der Waals surface area (Å²) in [5.74, 6) is -0.160. The molecule has 1 atom stereocenters. The summed E-state index contributed by atoms with van der Waals surface area (Å²) in [7, 11) is 0. The highest BCUT2D eigenvalue weighted by molar-refractivity contribution is 9.10. The number of hydrogen-bond donors (Lipinski definition) is 1. The van der Waals surface area contributed by atoms with Gasteiger partial charge >= 0.3 is 0 Å². The zero-order valence-electron chi connectivity index (χ0n) is 20.9. The third-order valence-electron chi connectivity index (χ3n) is 5.98. The van der Waals surface area contributed by atoms with Crippen LogP contribution in [0.3, 0.4) is 0 Å². The Morgan fingerprint density at radius 1 is 0.886 bits per heavy atom. The lowest BCUT2D eigenvalue weighted by molar-refractivity contribution is -0.140. The molecule has 0 saturated carbocycles. The summed E-state index contributed by atoms with van der Waals surface area (Å²) in [6, 6.07) is 23.4. The second-order valence-corrected chi connectivity index (χ2v) is 10.1. The molecule has 2 amide bonds. The van der Waals surface area contributed by atoms with Gasteiger partial charge in [-0.3, -0.25) is 9.59 Å². The number of nitrogens with zero attached hydrogens (tertiary/aromatic N) is 1. The molecule has 0 saturated heterocycles. The summed E-state index contributed by atoms with van der Waals surface area (Å²) >= 11 is 3.54. The molecule has 0 spiro atoms. The second-order valence-electron chi connectivity index (χ2n) is 9.17. The molecule has 0 aromatic heterocycles. The van der Waals surface area contributed by atoms with Crippen LogP contribution in [0.1, 0.15) is 47.6 Å². The van der Waals surface area contributed by atoms with Crippen molar-refractivity contribution in [1.82, 2.24) is 10.2 Å². The molecule has 0 unspecified atom stereocenters. The Hall–Kier alpha value is -2.92. The quantitative estimate of drug-likeness (QED) is 0.299. The van der Waals surface area contributed by atoms with E-state index in [4.69, 9.17) is 0 Å². The highest BCUT2D eigenvalue weighted by Crippen LogP contribution is 2.20. The van der Waals surface area contributed by atoms with Crippen molar-refractivity contribution >= 4 is 27.7 Å². The largest absolute Gasteiger partial charge is 0.354 e. The van der Waals surface area contributed by atoms with Crippen LogP contribution in [0.15, 0.2) is 77.3 Å². The molecule has 0 heterocycles. The fraction of sp³-hybridized carbons (Fsp3) is 0.333. The van der Waals surface area contributed by atoms with E-state index >= 15 is 0 Å². The van der Waals surface area contributed by atoms with Gasteiger partial charge in [-0.2, -0.15) is 0 Å². The lowest BCUT2D eigenvalue weighted by atomic mass is 10.00. The maximum atomic E-state index is 13.8. The first-order valence-electron chi connectivity index (χ1n) is 12.3. The lowest BCUT2D eigenvalue weighted by Gasteiger charge is -2.32. The van der Waals surface area contributed by atoms with Crippen molar-refractivity contribution in [3.63, 3.8) is 0 Å². The SMILES string of the molecule is CCCCNC(=O)[C@@H](Cc1ccccc1)N(Cc1cccc(Br)c1)C(=O)Cc1cc(C)cc(C)c1. The molecular formula is C30H35BrN2O2. The van der Waals surface area contributed by atoms with E-state index in [9.17, 15) is 9.59 Å². The highest BCUT2D eigenvalue weighted by Gasteiger charge is 2.30. The van der Waals surface area contributed by atoms with E-state index in [-0.39, 0.29) is 18.2 Å². The molecule has 0 bridgehead atoms. The third kappa shape index (κ3) is 8.36. The molecule has 3 rings (SSSR count). The van der Waals surface area contributed by atoms with E-state index in [1.165, 1.54) is 0 Å². The van der Waals surface area contributed by atoms with Gasteiger partial charge in [0.1, 0.15) is 6.04 Å². The van der Waals surface area contributed by atoms with E-state index in [1.807, 2.05) is 68.4 Å². The fourth-order valence-electron chi connectivity index (χ4n) is 4.34. The van der Waals surface area contributed by atoms with Gasteiger partial charge in [0.05, 0.1) is 6.42 Å². The molecule has 4 nitrogen and oxygen atoms in total. The van der Waals surface area contributed by atoms with E-state index in [2.05, 4.69) is 46.4 Å². The first-order valence-corrected chi connectivity index (χ1v) is 13.1. The minimum absolute atomic E-state index is 0.0541. The summed E-state index contributed by atoms with van der Waals surface area (Å²) in [5, 5.41) is 3.08. The number of halogens is 1. The van der Waals surface area contributed by atoms with Gasteiger partial charge in [-0.1, -0.05) is 101 Å². The lowest BCUT2D eigenvalue weighted by Crippen LogP contribution is -2.51. The number of carbonyl (C=O) groups is 2. The van der Waals surface area contributed by atoms with Crippen LogP contribution in [0.4, 0.5) is 0 Å². The van der Waals surface area contributed by atoms with Crippen molar-refractivity contribution in [2.45, 2.75) is 59.0 Å². The van der Waals surface area contributed by atoms with E-state index < -0.39 is 6.04 Å².